The lowest BCUT2D eigenvalue weighted by atomic mass is 9.94. The van der Waals surface area contributed by atoms with Gasteiger partial charge in [0.15, 0.2) is 11.6 Å². The Hall–Kier alpha value is -3.35. The van der Waals surface area contributed by atoms with Crippen LogP contribution in [0.5, 0.6) is 0 Å². The Morgan fingerprint density at radius 2 is 2.12 bits per heavy atom. The number of amidine groups is 1. The fourth-order valence-corrected chi connectivity index (χ4v) is 4.05. The van der Waals surface area contributed by atoms with Crippen molar-refractivity contribution in [3.63, 3.8) is 0 Å². The van der Waals surface area contributed by atoms with Crippen molar-refractivity contribution in [2.45, 2.75) is 40.2 Å². The number of ether oxygens (including phenoxy) is 1. The second-order valence-electron chi connectivity index (χ2n) is 9.29. The van der Waals surface area contributed by atoms with Crippen molar-refractivity contribution in [3.8, 4) is 0 Å². The van der Waals surface area contributed by atoms with E-state index in [0.717, 1.165) is 28.7 Å². The molecule has 1 fully saturated rings. The van der Waals surface area contributed by atoms with E-state index >= 15 is 0 Å². The Kier molecular flexibility index (Phi) is 6.15. The van der Waals surface area contributed by atoms with E-state index in [9.17, 15) is 9.59 Å². The molecular weight excluding hydrogens is 418 g/mol. The molecule has 0 radical (unpaired) electrons. The zero-order chi connectivity index (χ0) is 23.8. The summed E-state index contributed by atoms with van der Waals surface area (Å²) in [6, 6.07) is 7.76. The molecule has 1 N–H and O–H groups in total. The number of hydrogen-bond acceptors (Lipinski definition) is 5. The molecule has 2 aliphatic heterocycles. The lowest BCUT2D eigenvalue weighted by Gasteiger charge is -2.23. The standard InChI is InChI=1S/C26H31N3O4/c1-6-18-19-9-7-8-10-20(19)33-23(18)16(2)29(5)22(30)12-11-17-13-21-24(27-14-17)28-25(31)26(3,4)15-32-21/h7-13,16-17H,6,14-15H2,1-5H3,(H,27,28,31)/b12-11+/t16-,17?/m1/s1. The molecule has 0 saturated carbocycles. The number of rotatable bonds is 5. The number of dihydropyridines is 1. The Labute approximate surface area is 194 Å². The highest BCUT2D eigenvalue weighted by atomic mass is 16.5. The average Bonchev–Trinajstić information content (AvgIpc) is 3.14. The molecule has 2 amide bonds. The van der Waals surface area contributed by atoms with E-state index in [2.05, 4.69) is 23.3 Å². The van der Waals surface area contributed by atoms with E-state index in [-0.39, 0.29) is 30.4 Å². The number of carbonyl (C=O) groups excluding carboxylic acids is 2. The van der Waals surface area contributed by atoms with Crippen LogP contribution >= 0.6 is 0 Å². The summed E-state index contributed by atoms with van der Waals surface area (Å²) in [5, 5.41) is 3.93. The first-order valence-electron chi connectivity index (χ1n) is 11.4. The lowest BCUT2D eigenvalue weighted by Crippen LogP contribution is -2.40. The van der Waals surface area contributed by atoms with Gasteiger partial charge in [0, 0.05) is 23.9 Å². The number of fused-ring (bicyclic) bond motifs is 2. The van der Waals surface area contributed by atoms with E-state index in [0.29, 0.717) is 18.1 Å². The number of aryl methyl sites for hydroxylation is 1. The van der Waals surface area contributed by atoms with Crippen LogP contribution in [0.15, 0.2) is 57.7 Å². The number of amides is 2. The van der Waals surface area contributed by atoms with Gasteiger partial charge in [-0.1, -0.05) is 31.2 Å². The number of para-hydroxylation sites is 1. The van der Waals surface area contributed by atoms with Gasteiger partial charge in [0.1, 0.15) is 18.0 Å². The minimum atomic E-state index is -0.630. The summed E-state index contributed by atoms with van der Waals surface area (Å²) in [4.78, 5) is 31.4. The molecule has 1 aromatic carbocycles. The Morgan fingerprint density at radius 3 is 2.88 bits per heavy atom. The molecule has 174 valence electrons. The summed E-state index contributed by atoms with van der Waals surface area (Å²) in [6.07, 6.45) is 6.15. The molecule has 1 aromatic heterocycles. The molecule has 2 atom stereocenters. The van der Waals surface area contributed by atoms with Gasteiger partial charge < -0.3 is 19.4 Å². The number of nitrogens with zero attached hydrogens (tertiary/aromatic N) is 2. The van der Waals surface area contributed by atoms with E-state index in [1.54, 1.807) is 18.0 Å². The number of hydrogen-bond donors (Lipinski definition) is 1. The fourth-order valence-electron chi connectivity index (χ4n) is 4.05. The summed E-state index contributed by atoms with van der Waals surface area (Å²) in [7, 11) is 1.78. The van der Waals surface area contributed by atoms with Gasteiger partial charge in [0.25, 0.3) is 0 Å². The van der Waals surface area contributed by atoms with Crippen molar-refractivity contribution in [1.29, 1.82) is 0 Å². The molecular formula is C26H31N3O4. The molecule has 0 spiro atoms. The highest BCUT2D eigenvalue weighted by Crippen LogP contribution is 2.33. The minimum Gasteiger partial charge on any atom is -0.489 e. The SMILES string of the molecule is CCc1c([C@@H](C)N(C)C(=O)/C=C/C2C=C3OCC(C)(C)C(=O)NC3=NC2)oc2ccccc12. The Balaban J connectivity index is 1.46. The fraction of sp³-hybridized carbons (Fsp3) is 0.423. The monoisotopic (exact) mass is 449 g/mol. The maximum Gasteiger partial charge on any atom is 0.246 e. The largest absolute Gasteiger partial charge is 0.489 e. The van der Waals surface area contributed by atoms with Gasteiger partial charge in [-0.3, -0.25) is 14.6 Å². The van der Waals surface area contributed by atoms with Crippen LogP contribution in [0.3, 0.4) is 0 Å². The molecule has 2 aromatic rings. The number of furan rings is 1. The lowest BCUT2D eigenvalue weighted by molar-refractivity contribution is -0.129. The summed E-state index contributed by atoms with van der Waals surface area (Å²) < 4.78 is 12.0. The van der Waals surface area contributed by atoms with Crippen LogP contribution in [0, 0.1) is 11.3 Å². The van der Waals surface area contributed by atoms with E-state index in [1.807, 2.05) is 51.1 Å². The molecule has 7 nitrogen and oxygen atoms in total. The number of aliphatic imine (C=N–C) groups is 1. The molecule has 0 aliphatic carbocycles. The van der Waals surface area contributed by atoms with Crippen molar-refractivity contribution in [1.82, 2.24) is 10.2 Å². The van der Waals surface area contributed by atoms with Gasteiger partial charge in [0.2, 0.25) is 11.8 Å². The number of benzene rings is 1. The average molecular weight is 450 g/mol. The van der Waals surface area contributed by atoms with Crippen LogP contribution in [0.2, 0.25) is 0 Å². The molecule has 3 heterocycles. The maximum atomic E-state index is 12.9. The normalized spacial score (nSPS) is 20.9. The van der Waals surface area contributed by atoms with Crippen LogP contribution in [0.1, 0.15) is 45.1 Å². The predicted molar refractivity (Wildman–Crippen MR) is 128 cm³/mol. The molecule has 1 saturated heterocycles. The van der Waals surface area contributed by atoms with E-state index in [1.165, 1.54) is 0 Å². The highest BCUT2D eigenvalue weighted by Gasteiger charge is 2.35. The van der Waals surface area contributed by atoms with Gasteiger partial charge >= 0.3 is 0 Å². The van der Waals surface area contributed by atoms with E-state index in [4.69, 9.17) is 9.15 Å². The summed E-state index contributed by atoms with van der Waals surface area (Å²) >= 11 is 0. The predicted octanol–water partition coefficient (Wildman–Crippen LogP) is 4.16. The Morgan fingerprint density at radius 1 is 1.36 bits per heavy atom. The van der Waals surface area contributed by atoms with Crippen LogP contribution in [0.4, 0.5) is 0 Å². The minimum absolute atomic E-state index is 0.0908. The van der Waals surface area contributed by atoms with Crippen molar-refractivity contribution in [2.75, 3.05) is 20.2 Å². The highest BCUT2D eigenvalue weighted by molar-refractivity contribution is 6.09. The molecule has 0 bridgehead atoms. The van der Waals surface area contributed by atoms with Gasteiger partial charge in [0.05, 0.1) is 18.0 Å². The van der Waals surface area contributed by atoms with Crippen molar-refractivity contribution >= 4 is 28.6 Å². The first-order valence-corrected chi connectivity index (χ1v) is 11.4. The second kappa shape index (κ2) is 8.89. The number of likely N-dealkylation sites (N-methyl/N-ethyl adjacent to an activating group) is 1. The second-order valence-corrected chi connectivity index (χ2v) is 9.29. The molecule has 2 aliphatic rings. The molecule has 1 unspecified atom stereocenters. The first-order chi connectivity index (χ1) is 15.7. The summed E-state index contributed by atoms with van der Waals surface area (Å²) in [5.41, 5.74) is 1.35. The zero-order valence-electron chi connectivity index (χ0n) is 19.8. The smallest absolute Gasteiger partial charge is 0.246 e. The first kappa shape index (κ1) is 22.8. The van der Waals surface area contributed by atoms with Crippen molar-refractivity contribution in [3.05, 3.63) is 59.6 Å². The van der Waals surface area contributed by atoms with Gasteiger partial charge in [-0.2, -0.15) is 0 Å². The maximum absolute atomic E-state index is 12.9. The van der Waals surface area contributed by atoms with Crippen LogP contribution in [-0.2, 0) is 20.7 Å². The number of carbonyl (C=O) groups is 2. The van der Waals surface area contributed by atoms with Crippen LogP contribution in [-0.4, -0.2) is 42.7 Å². The van der Waals surface area contributed by atoms with Crippen LogP contribution in [0.25, 0.3) is 11.0 Å². The van der Waals surface area contributed by atoms with E-state index < -0.39 is 5.41 Å². The quantitative estimate of drug-likeness (QED) is 0.695. The van der Waals surface area contributed by atoms with Gasteiger partial charge in [-0.25, -0.2) is 0 Å². The Bertz CT molecular complexity index is 1170. The van der Waals surface area contributed by atoms with Crippen molar-refractivity contribution in [2.24, 2.45) is 16.3 Å². The topological polar surface area (TPSA) is 84.1 Å². The molecule has 4 rings (SSSR count). The third-order valence-electron chi connectivity index (χ3n) is 6.37. The molecule has 33 heavy (non-hydrogen) atoms. The van der Waals surface area contributed by atoms with Gasteiger partial charge in [-0.05, 0) is 45.4 Å². The third kappa shape index (κ3) is 4.45. The van der Waals surface area contributed by atoms with Gasteiger partial charge in [-0.15, -0.1) is 0 Å². The third-order valence-corrected chi connectivity index (χ3v) is 6.37. The summed E-state index contributed by atoms with van der Waals surface area (Å²) in [6.45, 7) is 8.46. The molecule has 7 heteroatoms. The van der Waals surface area contributed by atoms with Crippen LogP contribution < -0.4 is 5.32 Å². The zero-order valence-corrected chi connectivity index (χ0v) is 19.8. The van der Waals surface area contributed by atoms with Crippen molar-refractivity contribution < 1.29 is 18.7 Å². The number of nitrogens with one attached hydrogen (secondary N) is 1. The summed E-state index contributed by atoms with van der Waals surface area (Å²) in [5.74, 6) is 1.52.